The van der Waals surface area contributed by atoms with E-state index in [0.717, 1.165) is 72.1 Å². The predicted molar refractivity (Wildman–Crippen MR) is 246 cm³/mol. The fourth-order valence-electron chi connectivity index (χ4n) is 11.4. The van der Waals surface area contributed by atoms with Crippen molar-refractivity contribution in [2.75, 3.05) is 47.9 Å². The Labute approximate surface area is 380 Å². The molecule has 4 fully saturated rings. The first-order valence-electron chi connectivity index (χ1n) is 23.0. The fraction of sp³-hybridized carbons (Fsp3) is 0.612. The van der Waals surface area contributed by atoms with Crippen molar-refractivity contribution in [1.82, 2.24) is 29.9 Å². The number of carbonyl (C=O) groups is 3. The minimum atomic E-state index is -2.01. The molecule has 1 aromatic heterocycles. The standard InChI is InChI=1S/C32H40BrN5O5.C17H27NO2/c1-16(2)12-24-29(40)37-11-7-10-25(37)32(42)38(24)30(41)31(43-32,17(3)4)35-28(39)18-13-20-19-8-6-9-22-26(19)21(27(33)34-22)14-23(20)36(5)15-18;1-18(2)13-16(17(19)11-5-4-6-12-17)14-7-9-15(20-3)10-8-14/h6,8-9,13,16-18,23-25,34,42H,7,10-12,14-15H2,1-5H3,(H,35,39);7-10,16,19H,4-6,11-13H2,1-3H3/t18-,23-,24+,25+,31-,32+;/m1./s1. The molecule has 13 nitrogen and oxygen atoms in total. The number of H-pyrrole nitrogens is 1. The molecule has 63 heavy (non-hydrogen) atoms. The number of hydrogen-bond acceptors (Lipinski definition) is 9. The average molecular weight is 932 g/mol. The fourth-order valence-corrected chi connectivity index (χ4v) is 12.0. The number of fused-ring (bicyclic) bond motifs is 5. The monoisotopic (exact) mass is 930 g/mol. The summed E-state index contributed by atoms with van der Waals surface area (Å²) in [6.45, 7) is 9.45. The molecule has 342 valence electrons. The normalized spacial score (nSPS) is 29.3. The minimum absolute atomic E-state index is 0.104. The highest BCUT2D eigenvalue weighted by Crippen LogP contribution is 2.49. The van der Waals surface area contributed by atoms with E-state index < -0.39 is 47.1 Å². The highest BCUT2D eigenvalue weighted by molar-refractivity contribution is 9.10. The van der Waals surface area contributed by atoms with E-state index in [-0.39, 0.29) is 29.7 Å². The second-order valence-electron chi connectivity index (χ2n) is 19.9. The Morgan fingerprint density at radius 3 is 2.41 bits per heavy atom. The summed E-state index contributed by atoms with van der Waals surface area (Å²) in [5.41, 5.74) is 3.33. The van der Waals surface area contributed by atoms with Crippen molar-refractivity contribution in [3.63, 3.8) is 0 Å². The number of methoxy groups -OCH3 is 1. The van der Waals surface area contributed by atoms with Crippen molar-refractivity contribution in [3.8, 4) is 5.75 Å². The molecule has 1 saturated carbocycles. The van der Waals surface area contributed by atoms with Crippen LogP contribution in [0.25, 0.3) is 16.5 Å². The summed E-state index contributed by atoms with van der Waals surface area (Å²) in [7, 11) is 7.85. The molecular weight excluding hydrogens is 864 g/mol. The van der Waals surface area contributed by atoms with Gasteiger partial charge in [0, 0.05) is 48.4 Å². The largest absolute Gasteiger partial charge is 0.497 e. The number of aromatic amines is 1. The molecule has 5 heterocycles. The van der Waals surface area contributed by atoms with Gasteiger partial charge in [-0.15, -0.1) is 0 Å². The Morgan fingerprint density at radius 2 is 1.76 bits per heavy atom. The molecule has 4 N–H and O–H groups in total. The first kappa shape index (κ1) is 45.8. The number of amides is 3. The number of benzene rings is 2. The molecule has 2 aromatic carbocycles. The van der Waals surface area contributed by atoms with Crippen LogP contribution in [-0.2, 0) is 25.5 Å². The van der Waals surface area contributed by atoms with E-state index in [9.17, 15) is 24.6 Å². The molecule has 0 bridgehead atoms. The van der Waals surface area contributed by atoms with Gasteiger partial charge in [0.2, 0.25) is 17.5 Å². The van der Waals surface area contributed by atoms with Gasteiger partial charge < -0.3 is 35.1 Å². The molecular formula is C49H67BrN6O7. The Balaban J connectivity index is 0.000000229. The lowest BCUT2D eigenvalue weighted by Gasteiger charge is -2.49. The van der Waals surface area contributed by atoms with Gasteiger partial charge in [0.1, 0.15) is 17.8 Å². The summed E-state index contributed by atoms with van der Waals surface area (Å²) in [5.74, 6) is -2.98. The number of ether oxygens (including phenoxy) is 2. The van der Waals surface area contributed by atoms with Crippen LogP contribution in [0.5, 0.6) is 5.75 Å². The zero-order valence-electron chi connectivity index (χ0n) is 38.2. The molecule has 3 saturated heterocycles. The van der Waals surface area contributed by atoms with Crippen molar-refractivity contribution in [2.24, 2.45) is 17.8 Å². The second-order valence-corrected chi connectivity index (χ2v) is 20.7. The number of hydrogen-bond donors (Lipinski definition) is 4. The number of piperazine rings is 1. The average Bonchev–Trinajstić information content (AvgIpc) is 3.94. The molecule has 3 aromatic rings. The molecule has 1 unspecified atom stereocenters. The Morgan fingerprint density at radius 1 is 1.05 bits per heavy atom. The van der Waals surface area contributed by atoms with Gasteiger partial charge in [-0.25, -0.2) is 0 Å². The van der Waals surface area contributed by atoms with Crippen LogP contribution >= 0.6 is 15.9 Å². The Hall–Kier alpha value is -3.79. The quantitative estimate of drug-likeness (QED) is 0.186. The molecule has 9 rings (SSSR count). The highest BCUT2D eigenvalue weighted by atomic mass is 79.9. The van der Waals surface area contributed by atoms with Crippen molar-refractivity contribution in [2.45, 2.75) is 127 Å². The van der Waals surface area contributed by atoms with Crippen molar-refractivity contribution in [1.29, 1.82) is 0 Å². The highest BCUT2D eigenvalue weighted by Gasteiger charge is 2.72. The van der Waals surface area contributed by atoms with Crippen molar-refractivity contribution >= 4 is 50.1 Å². The maximum atomic E-state index is 14.4. The molecule has 0 radical (unpaired) electrons. The van der Waals surface area contributed by atoms with Crippen molar-refractivity contribution < 1.29 is 34.1 Å². The summed E-state index contributed by atoms with van der Waals surface area (Å²) in [4.78, 5) is 53.0. The van der Waals surface area contributed by atoms with E-state index in [2.05, 4.69) is 74.4 Å². The number of nitrogens with one attached hydrogen (secondary N) is 2. The van der Waals surface area contributed by atoms with Gasteiger partial charge in [-0.3, -0.25) is 28.9 Å². The SMILES string of the molecule is CC(C)C[C@H]1C(=O)N2CCC[C@H]2[C@]2(O)O[C@](NC(=O)[C@@H]3C=C4c5cccc6[nH]c(Br)c(c56)C[C@H]4N(C)C3)(C(C)C)C(=O)N12.COc1ccc(C(CN(C)C)C2(O)CCCCC2)cc1. The van der Waals surface area contributed by atoms with E-state index in [1.165, 1.54) is 27.8 Å². The van der Waals surface area contributed by atoms with Crippen LogP contribution in [0, 0.1) is 17.8 Å². The summed E-state index contributed by atoms with van der Waals surface area (Å²) < 4.78 is 12.7. The molecule has 6 aliphatic rings. The van der Waals surface area contributed by atoms with E-state index in [1.807, 2.05) is 45.2 Å². The Bertz CT molecular complexity index is 2240. The van der Waals surface area contributed by atoms with Crippen LogP contribution in [0.15, 0.2) is 53.1 Å². The lowest BCUT2D eigenvalue weighted by molar-refractivity contribution is -0.322. The van der Waals surface area contributed by atoms with Crippen LogP contribution in [-0.4, -0.2) is 136 Å². The number of carbonyl (C=O) groups excluding carboxylic acids is 3. The molecule has 2 aliphatic carbocycles. The van der Waals surface area contributed by atoms with Gasteiger partial charge in [-0.2, -0.15) is 0 Å². The predicted octanol–water partition coefficient (Wildman–Crippen LogP) is 6.23. The zero-order chi connectivity index (χ0) is 45.2. The maximum absolute atomic E-state index is 14.4. The lowest BCUT2D eigenvalue weighted by atomic mass is 9.72. The summed E-state index contributed by atoms with van der Waals surface area (Å²) in [5, 5.41) is 27.4. The maximum Gasteiger partial charge on any atom is 0.281 e. The molecule has 0 spiro atoms. The summed E-state index contributed by atoms with van der Waals surface area (Å²) in [6.07, 6.45) is 9.84. The third-order valence-corrected chi connectivity index (χ3v) is 15.4. The van der Waals surface area contributed by atoms with Crippen LogP contribution in [0.4, 0.5) is 0 Å². The smallest absolute Gasteiger partial charge is 0.281 e. The van der Waals surface area contributed by atoms with Gasteiger partial charge in [-0.05, 0) is 122 Å². The number of aliphatic hydroxyl groups is 2. The van der Waals surface area contributed by atoms with Crippen LogP contribution in [0.2, 0.25) is 0 Å². The van der Waals surface area contributed by atoms with Gasteiger partial charge in [0.15, 0.2) is 0 Å². The van der Waals surface area contributed by atoms with Gasteiger partial charge in [0.25, 0.3) is 11.8 Å². The summed E-state index contributed by atoms with van der Waals surface area (Å²) in [6, 6.07) is 12.9. The van der Waals surface area contributed by atoms with Crippen LogP contribution < -0.4 is 10.1 Å². The summed E-state index contributed by atoms with van der Waals surface area (Å²) >= 11 is 3.70. The first-order valence-corrected chi connectivity index (χ1v) is 23.8. The number of halogens is 1. The van der Waals surface area contributed by atoms with Crippen molar-refractivity contribution in [3.05, 3.63) is 69.8 Å². The molecule has 4 aliphatic heterocycles. The first-order chi connectivity index (χ1) is 29.9. The van der Waals surface area contributed by atoms with Crippen LogP contribution in [0.3, 0.4) is 0 Å². The third-order valence-electron chi connectivity index (χ3n) is 14.7. The molecule has 14 heteroatoms. The van der Waals surface area contributed by atoms with E-state index >= 15 is 0 Å². The minimum Gasteiger partial charge on any atom is -0.497 e. The van der Waals surface area contributed by atoms with E-state index in [1.54, 1.807) is 25.9 Å². The Kier molecular flexibility index (Phi) is 12.7. The lowest BCUT2D eigenvalue weighted by Crippen LogP contribution is -2.71. The number of nitrogens with zero attached hydrogens (tertiary/aromatic N) is 4. The van der Waals surface area contributed by atoms with Gasteiger partial charge in [0.05, 0.1) is 23.2 Å². The second kappa shape index (κ2) is 17.5. The number of rotatable bonds is 10. The van der Waals surface area contributed by atoms with Gasteiger partial charge in [-0.1, -0.05) is 77.3 Å². The molecule has 3 amide bonds. The van der Waals surface area contributed by atoms with Crippen LogP contribution in [0.1, 0.15) is 102 Å². The molecule has 7 atom stereocenters. The number of likely N-dealkylation sites (N-methyl/N-ethyl adjacent to an activating group) is 2. The van der Waals surface area contributed by atoms with E-state index in [0.29, 0.717) is 25.9 Å². The van der Waals surface area contributed by atoms with E-state index in [4.69, 9.17) is 9.47 Å². The number of aromatic nitrogens is 1. The third kappa shape index (κ3) is 8.04. The zero-order valence-corrected chi connectivity index (χ0v) is 39.8. The van der Waals surface area contributed by atoms with Gasteiger partial charge >= 0.3 is 0 Å². The topological polar surface area (TPSA) is 151 Å².